The molecular weight excluding hydrogens is 373 g/mol. The molecule has 3 N–H and O–H groups in total. The summed E-state index contributed by atoms with van der Waals surface area (Å²) in [4.78, 5) is 20.7. The molecule has 0 amide bonds. The van der Waals surface area contributed by atoms with Gasteiger partial charge in [0.05, 0.1) is 18.3 Å². The number of morpholine rings is 1. The first-order valence-corrected chi connectivity index (χ1v) is 10.5. The molecule has 1 aromatic rings. The highest BCUT2D eigenvalue weighted by molar-refractivity contribution is 7.39. The van der Waals surface area contributed by atoms with E-state index in [1.807, 2.05) is 13.8 Å². The van der Waals surface area contributed by atoms with E-state index < -0.39 is 32.1 Å². The molecule has 9 heteroatoms. The van der Waals surface area contributed by atoms with Crippen LogP contribution in [0.2, 0.25) is 0 Å². The van der Waals surface area contributed by atoms with Gasteiger partial charge in [-0.25, -0.2) is 4.79 Å². The number of hydrogen-bond acceptors (Lipinski definition) is 6. The van der Waals surface area contributed by atoms with E-state index >= 15 is 0 Å². The van der Waals surface area contributed by atoms with Gasteiger partial charge < -0.3 is 29.5 Å². The first-order valence-electron chi connectivity index (χ1n) is 9.09. The Hall–Kier alpha value is -1.28. The Labute approximate surface area is 159 Å². The highest BCUT2D eigenvalue weighted by atomic mass is 31.1. The minimum Gasteiger partial charge on any atom is -0.478 e. The van der Waals surface area contributed by atoms with Crippen molar-refractivity contribution in [1.82, 2.24) is 5.32 Å². The van der Waals surface area contributed by atoms with E-state index in [-0.39, 0.29) is 11.6 Å². The van der Waals surface area contributed by atoms with Gasteiger partial charge in [-0.1, -0.05) is 12.1 Å². The van der Waals surface area contributed by atoms with E-state index in [0.29, 0.717) is 32.8 Å². The smallest absolute Gasteiger partial charge is 0.335 e. The van der Waals surface area contributed by atoms with Crippen molar-refractivity contribution in [2.75, 3.05) is 26.4 Å². The number of nitrogens with one attached hydrogen (secondary N) is 1. The van der Waals surface area contributed by atoms with Crippen molar-refractivity contribution < 1.29 is 33.6 Å². The summed E-state index contributed by atoms with van der Waals surface area (Å²) in [5.74, 6) is -0.952. The molecule has 1 aliphatic heterocycles. The van der Waals surface area contributed by atoms with Crippen LogP contribution >= 0.6 is 8.03 Å². The van der Waals surface area contributed by atoms with Crippen molar-refractivity contribution in [3.05, 3.63) is 35.4 Å². The predicted molar refractivity (Wildman–Crippen MR) is 101 cm³/mol. The molecule has 0 radical (unpaired) electrons. The topological polar surface area (TPSA) is 114 Å². The highest BCUT2D eigenvalue weighted by Gasteiger charge is 2.38. The number of ether oxygens (including phenoxy) is 3. The average Bonchev–Trinajstić information content (AvgIpc) is 2.64. The number of carboxylic acids is 1. The maximum absolute atomic E-state index is 11.9. The monoisotopic (exact) mass is 401 g/mol. The molecular formula is C18H28NO7P. The summed E-state index contributed by atoms with van der Waals surface area (Å²) in [6.45, 7) is 5.17. The van der Waals surface area contributed by atoms with Crippen LogP contribution in [0.4, 0.5) is 0 Å². The Morgan fingerprint density at radius 2 is 1.93 bits per heavy atom. The van der Waals surface area contributed by atoms with Crippen LogP contribution in [-0.2, 0) is 25.2 Å². The van der Waals surface area contributed by atoms with Crippen LogP contribution in [0.1, 0.15) is 29.8 Å². The third-order valence-electron chi connectivity index (χ3n) is 4.44. The summed E-state index contributed by atoms with van der Waals surface area (Å²) in [5.41, 5.74) is 0.506. The van der Waals surface area contributed by atoms with Gasteiger partial charge in [0.2, 0.25) is 0 Å². The van der Waals surface area contributed by atoms with Gasteiger partial charge in [-0.2, -0.15) is 0 Å². The Bertz CT molecular complexity index is 611. The molecule has 1 aliphatic rings. The van der Waals surface area contributed by atoms with Crippen molar-refractivity contribution in [1.29, 1.82) is 0 Å². The lowest BCUT2D eigenvalue weighted by molar-refractivity contribution is -0.158. The minimum absolute atomic E-state index is 0.0382. The van der Waals surface area contributed by atoms with E-state index in [9.17, 15) is 14.3 Å². The fraction of sp³-hybridized carbons (Fsp3) is 0.611. The van der Waals surface area contributed by atoms with Crippen LogP contribution in [0.25, 0.3) is 0 Å². The van der Waals surface area contributed by atoms with Crippen molar-refractivity contribution in [3.63, 3.8) is 0 Å². The van der Waals surface area contributed by atoms with Gasteiger partial charge in [0.1, 0.15) is 5.66 Å². The van der Waals surface area contributed by atoms with Gasteiger partial charge in [0.15, 0.2) is 14.3 Å². The zero-order chi connectivity index (χ0) is 19.8. The molecule has 0 spiro atoms. The first-order chi connectivity index (χ1) is 13.0. The number of aromatic carboxylic acids is 1. The van der Waals surface area contributed by atoms with Crippen LogP contribution in [0, 0.1) is 0 Å². The summed E-state index contributed by atoms with van der Waals surface area (Å²) < 4.78 is 28.8. The molecule has 0 aliphatic carbocycles. The number of carboxylic acid groups (broad SMARTS) is 1. The van der Waals surface area contributed by atoms with Crippen LogP contribution in [0.5, 0.6) is 0 Å². The average molecular weight is 401 g/mol. The van der Waals surface area contributed by atoms with Gasteiger partial charge in [-0.05, 0) is 38.0 Å². The molecule has 1 saturated heterocycles. The highest BCUT2D eigenvalue weighted by Crippen LogP contribution is 2.33. The maximum Gasteiger partial charge on any atom is 0.335 e. The molecule has 0 bridgehead atoms. The Morgan fingerprint density at radius 3 is 2.37 bits per heavy atom. The molecule has 152 valence electrons. The molecule has 2 unspecified atom stereocenters. The maximum atomic E-state index is 11.9. The van der Waals surface area contributed by atoms with Crippen LogP contribution in [0.15, 0.2) is 24.3 Å². The summed E-state index contributed by atoms with van der Waals surface area (Å²) in [7, 11) is -2.92. The second-order valence-corrected chi connectivity index (χ2v) is 7.67. The lowest BCUT2D eigenvalue weighted by Gasteiger charge is -2.36. The van der Waals surface area contributed by atoms with Crippen molar-refractivity contribution in [2.24, 2.45) is 0 Å². The molecule has 0 aromatic heterocycles. The Balaban J connectivity index is 1.93. The van der Waals surface area contributed by atoms with E-state index in [0.717, 1.165) is 5.56 Å². The lowest BCUT2D eigenvalue weighted by Crippen LogP contribution is -2.53. The molecule has 1 aromatic carbocycles. The molecule has 2 rings (SSSR count). The molecule has 4 atom stereocenters. The van der Waals surface area contributed by atoms with Crippen LogP contribution in [0.3, 0.4) is 0 Å². The third kappa shape index (κ3) is 6.38. The third-order valence-corrected chi connectivity index (χ3v) is 5.66. The molecule has 27 heavy (non-hydrogen) atoms. The molecule has 0 saturated carbocycles. The first kappa shape index (κ1) is 22.0. The zero-order valence-corrected chi connectivity index (χ0v) is 16.6. The SMILES string of the molecule is CCOC(OCC)C([C@H]1CN[C@H](Cc2ccc(C(=O)O)cc2)CO1)[PH](=O)O. The number of hydrogen-bond donors (Lipinski definition) is 3. The van der Waals surface area contributed by atoms with E-state index in [1.165, 1.54) is 0 Å². The molecule has 1 fully saturated rings. The summed E-state index contributed by atoms with van der Waals surface area (Å²) in [6.07, 6.45) is -0.579. The minimum atomic E-state index is -2.92. The Kier molecular flexibility index (Phi) is 8.89. The molecule has 8 nitrogen and oxygen atoms in total. The van der Waals surface area contributed by atoms with E-state index in [2.05, 4.69) is 5.32 Å². The molecule has 1 heterocycles. The normalized spacial score (nSPS) is 22.5. The van der Waals surface area contributed by atoms with Gasteiger partial charge in [0.25, 0.3) is 0 Å². The standard InChI is InChI=1S/C18H28NO7P/c1-3-24-18(25-4-2)16(27(22)23)15-10-19-14(11-26-15)9-12-5-7-13(8-6-12)17(20)21/h5-8,14-16,18-19,27H,3-4,9-11H2,1-2H3,(H,20,21)(H,22,23)/t14-,15-,16?/m1/s1. The summed E-state index contributed by atoms with van der Waals surface area (Å²) in [6, 6.07) is 6.76. The van der Waals surface area contributed by atoms with Gasteiger partial charge >= 0.3 is 5.97 Å². The van der Waals surface area contributed by atoms with Crippen molar-refractivity contribution in [3.8, 4) is 0 Å². The summed E-state index contributed by atoms with van der Waals surface area (Å²) >= 11 is 0. The van der Waals surface area contributed by atoms with Gasteiger partial charge in [-0.15, -0.1) is 0 Å². The fourth-order valence-electron chi connectivity index (χ4n) is 3.10. The van der Waals surface area contributed by atoms with Crippen LogP contribution in [-0.4, -0.2) is 66.4 Å². The largest absolute Gasteiger partial charge is 0.478 e. The second-order valence-electron chi connectivity index (χ2n) is 6.33. The van der Waals surface area contributed by atoms with E-state index in [1.54, 1.807) is 24.3 Å². The summed E-state index contributed by atoms with van der Waals surface area (Å²) in [5, 5.41) is 12.3. The van der Waals surface area contributed by atoms with Gasteiger partial charge in [0, 0.05) is 25.8 Å². The van der Waals surface area contributed by atoms with Crippen LogP contribution < -0.4 is 5.32 Å². The predicted octanol–water partition coefficient (Wildman–Crippen LogP) is 1.52. The van der Waals surface area contributed by atoms with Crippen molar-refractivity contribution in [2.45, 2.75) is 44.4 Å². The van der Waals surface area contributed by atoms with E-state index in [4.69, 9.17) is 19.3 Å². The number of carbonyl (C=O) groups is 1. The quantitative estimate of drug-likeness (QED) is 0.399. The van der Waals surface area contributed by atoms with Gasteiger partial charge in [-0.3, -0.25) is 4.57 Å². The van der Waals surface area contributed by atoms with Crippen molar-refractivity contribution >= 4 is 14.0 Å². The Morgan fingerprint density at radius 1 is 1.30 bits per heavy atom. The second kappa shape index (κ2) is 10.9. The number of benzene rings is 1. The lowest BCUT2D eigenvalue weighted by atomic mass is 10.0. The zero-order valence-electron chi connectivity index (χ0n) is 15.6. The fourth-order valence-corrected chi connectivity index (χ4v) is 4.06. The number of rotatable bonds is 10.